The predicted molar refractivity (Wildman–Crippen MR) is 116 cm³/mol. The topological polar surface area (TPSA) is 231 Å². The zero-order valence-electron chi connectivity index (χ0n) is 18.8. The number of ether oxygens (including phenoxy) is 1. The molecule has 1 saturated heterocycles. The maximum atomic E-state index is 13.0. The number of nitrogen functional groups attached to an aromatic ring is 1. The zero-order valence-corrected chi connectivity index (χ0v) is 22.4. The molecular weight excluding hydrogens is 529 g/mol. The number of nitrogens with one attached hydrogen (secondary N) is 2. The smallest absolute Gasteiger partial charge is 0.543 e. The van der Waals surface area contributed by atoms with Crippen molar-refractivity contribution >= 4 is 57.7 Å². The summed E-state index contributed by atoms with van der Waals surface area (Å²) in [5.74, 6) is -3.34. The van der Waals surface area contributed by atoms with Gasteiger partial charge in [0.2, 0.25) is 5.82 Å². The van der Waals surface area contributed by atoms with Crippen molar-refractivity contribution in [1.29, 1.82) is 0 Å². The number of H-pyrrole nitrogens is 1. The van der Waals surface area contributed by atoms with E-state index in [0.717, 1.165) is 16.2 Å². The Morgan fingerprint density at radius 2 is 2.17 bits per heavy atom. The van der Waals surface area contributed by atoms with Gasteiger partial charge in [0.05, 0.1) is 11.7 Å². The number of amides is 2. The van der Waals surface area contributed by atoms with Crippen molar-refractivity contribution in [2.45, 2.75) is 24.9 Å². The Hall–Kier alpha value is -3.06. The zero-order chi connectivity index (χ0) is 25.1. The van der Waals surface area contributed by atoms with Crippen LogP contribution in [0.15, 0.2) is 21.8 Å². The van der Waals surface area contributed by atoms with E-state index in [2.05, 4.69) is 36.1 Å². The molecule has 0 aliphatic carbocycles. The number of oxime groups is 1. The number of rotatable bonds is 9. The third-order valence-electron chi connectivity index (χ3n) is 4.70. The maximum Gasteiger partial charge on any atom is 1.00 e. The average molecular weight is 545 g/mol. The number of nitrogens with zero attached hydrogens (tertiary/aromatic N) is 6. The average Bonchev–Trinajstić information content (AvgIpc) is 3.49. The minimum Gasteiger partial charge on any atom is -0.543 e. The molecule has 0 bridgehead atoms. The number of thioether (sulfide) groups is 1. The summed E-state index contributed by atoms with van der Waals surface area (Å²) in [6.07, 6.45) is 0. The summed E-state index contributed by atoms with van der Waals surface area (Å²) in [5.41, 5.74) is 5.34. The molecule has 0 aromatic carbocycles. The van der Waals surface area contributed by atoms with Gasteiger partial charge in [-0.15, -0.1) is 33.3 Å². The molecule has 2 atom stereocenters. The number of carbonyl (C=O) groups is 4. The van der Waals surface area contributed by atoms with Gasteiger partial charge in [-0.2, -0.15) is 5.21 Å². The van der Waals surface area contributed by atoms with E-state index >= 15 is 0 Å². The molecule has 184 valence electrons. The Morgan fingerprint density at radius 3 is 2.78 bits per heavy atom. The number of hydrogen-bond acceptors (Lipinski definition) is 15. The molecule has 36 heavy (non-hydrogen) atoms. The number of aliphatic carboxylic acids is 1. The van der Waals surface area contributed by atoms with Crippen LogP contribution in [-0.4, -0.2) is 83.7 Å². The number of carboxylic acid groups (broad SMARTS) is 1. The molecule has 1 unspecified atom stereocenters. The summed E-state index contributed by atoms with van der Waals surface area (Å²) in [5, 5.41) is 32.0. The number of fused-ring (bicyclic) bond motifs is 1. The summed E-state index contributed by atoms with van der Waals surface area (Å²) in [6.45, 7) is 0.685. The van der Waals surface area contributed by atoms with Gasteiger partial charge in [0.25, 0.3) is 11.8 Å². The molecule has 1 fully saturated rings. The second-order valence-corrected chi connectivity index (χ2v) is 8.99. The van der Waals surface area contributed by atoms with Crippen molar-refractivity contribution in [2.24, 2.45) is 5.16 Å². The number of β-lactam (4-membered cyclic amide) rings is 1. The predicted octanol–water partition coefficient (Wildman–Crippen LogP) is -5.87. The standard InChI is InChI=1S/C17H17N9O7S2.Na/c1-6(27)32-2-7-4-34-15-11(14(29)26(15)12(7)16(30)31)20-13(28)10(8-5-35-17(18)19-8)23-33-3-9-21-24-25-22-9;/h5,11,15H,2-4H2,1H3,(H2,18,19)(H,20,28)(H,30,31)(H,21,22,24,25);/q;+1/p-1/t11?,15-;/m1./s1. The summed E-state index contributed by atoms with van der Waals surface area (Å²) in [6, 6.07) is -1.06. The second kappa shape index (κ2) is 11.8. The van der Waals surface area contributed by atoms with Crippen molar-refractivity contribution in [3.8, 4) is 0 Å². The largest absolute Gasteiger partial charge is 1.00 e. The minimum absolute atomic E-state index is 0. The van der Waals surface area contributed by atoms with E-state index in [1.165, 1.54) is 24.1 Å². The van der Waals surface area contributed by atoms with E-state index in [1.807, 2.05) is 0 Å². The molecule has 4 rings (SSSR count). The van der Waals surface area contributed by atoms with Gasteiger partial charge in [0, 0.05) is 23.6 Å². The Labute approximate surface area is 232 Å². The molecule has 4 N–H and O–H groups in total. The first-order valence-corrected chi connectivity index (χ1v) is 11.6. The number of hydrogen-bond donors (Lipinski definition) is 3. The second-order valence-electron chi connectivity index (χ2n) is 6.99. The molecule has 16 nitrogen and oxygen atoms in total. The van der Waals surface area contributed by atoms with Crippen LogP contribution in [0.3, 0.4) is 0 Å². The monoisotopic (exact) mass is 545 g/mol. The molecule has 2 aromatic rings. The van der Waals surface area contributed by atoms with Gasteiger partial charge < -0.3 is 30.5 Å². The van der Waals surface area contributed by atoms with E-state index in [0.29, 0.717) is 0 Å². The molecule has 2 aliphatic rings. The maximum absolute atomic E-state index is 13.0. The van der Waals surface area contributed by atoms with Crippen LogP contribution in [0.1, 0.15) is 18.4 Å². The number of tetrazole rings is 1. The van der Waals surface area contributed by atoms with E-state index in [-0.39, 0.29) is 82.2 Å². The fourth-order valence-electron chi connectivity index (χ4n) is 3.18. The van der Waals surface area contributed by atoms with Gasteiger partial charge in [-0.1, -0.05) is 10.4 Å². The van der Waals surface area contributed by atoms with Crippen molar-refractivity contribution in [3.05, 3.63) is 28.2 Å². The summed E-state index contributed by atoms with van der Waals surface area (Å²) in [7, 11) is 0. The third kappa shape index (κ3) is 5.84. The van der Waals surface area contributed by atoms with Crippen LogP contribution in [0.2, 0.25) is 0 Å². The first-order chi connectivity index (χ1) is 16.8. The van der Waals surface area contributed by atoms with Gasteiger partial charge >= 0.3 is 35.5 Å². The third-order valence-corrected chi connectivity index (χ3v) is 6.71. The van der Waals surface area contributed by atoms with Crippen molar-refractivity contribution in [1.82, 2.24) is 35.8 Å². The molecule has 19 heteroatoms. The Balaban J connectivity index is 0.00000361. The summed E-state index contributed by atoms with van der Waals surface area (Å²) >= 11 is 2.26. The Morgan fingerprint density at radius 1 is 1.39 bits per heavy atom. The number of carbonyl (C=O) groups excluding carboxylic acids is 4. The SMILES string of the molecule is CC(=O)OCC1=C(C(=O)[O-])N2C(=O)C(NC(=O)C(=NOCc3nn[nH]n3)c3csc(N)n3)[C@H]2SC1.[Na+]. The number of esters is 1. The van der Waals surface area contributed by atoms with Crippen LogP contribution in [0.4, 0.5) is 5.13 Å². The van der Waals surface area contributed by atoms with Crippen LogP contribution in [0.25, 0.3) is 0 Å². The number of aromatic nitrogens is 5. The number of thiazole rings is 1. The number of aromatic amines is 1. The summed E-state index contributed by atoms with van der Waals surface area (Å²) in [4.78, 5) is 58.8. The van der Waals surface area contributed by atoms with Gasteiger partial charge in [-0.25, -0.2) is 4.98 Å². The van der Waals surface area contributed by atoms with Crippen LogP contribution in [-0.2, 0) is 35.4 Å². The Bertz CT molecular complexity index is 1230. The van der Waals surface area contributed by atoms with E-state index in [4.69, 9.17) is 15.3 Å². The van der Waals surface area contributed by atoms with Crippen LogP contribution >= 0.6 is 23.1 Å². The molecule has 0 radical (unpaired) electrons. The number of anilines is 1. The molecule has 0 saturated carbocycles. The van der Waals surface area contributed by atoms with Gasteiger partial charge in [0.15, 0.2) is 17.5 Å². The number of nitrogens with two attached hydrogens (primary N) is 1. The van der Waals surface area contributed by atoms with E-state index in [1.54, 1.807) is 0 Å². The molecule has 2 aliphatic heterocycles. The Kier molecular flexibility index (Phi) is 9.01. The fraction of sp³-hybridized carbons (Fsp3) is 0.353. The van der Waals surface area contributed by atoms with Gasteiger partial charge in [0.1, 0.15) is 23.7 Å². The minimum atomic E-state index is -1.59. The summed E-state index contributed by atoms with van der Waals surface area (Å²) < 4.78 is 4.87. The van der Waals surface area contributed by atoms with Crippen molar-refractivity contribution < 1.29 is 63.4 Å². The fourth-order valence-corrected chi connectivity index (χ4v) is 5.06. The molecule has 0 spiro atoms. The molecule has 2 aromatic heterocycles. The normalized spacial score (nSPS) is 19.1. The first kappa shape index (κ1) is 27.5. The quantitative estimate of drug-likeness (QED) is 0.0877. The van der Waals surface area contributed by atoms with Gasteiger partial charge in [-0.3, -0.25) is 19.3 Å². The van der Waals surface area contributed by atoms with Crippen LogP contribution in [0, 0.1) is 0 Å². The van der Waals surface area contributed by atoms with Crippen LogP contribution in [0.5, 0.6) is 0 Å². The van der Waals surface area contributed by atoms with Gasteiger partial charge in [-0.05, 0) is 0 Å². The molecule has 2 amide bonds. The van der Waals surface area contributed by atoms with Crippen molar-refractivity contribution in [2.75, 3.05) is 18.1 Å². The molecular formula is C17H16N9NaO7S2. The van der Waals surface area contributed by atoms with Crippen molar-refractivity contribution in [3.63, 3.8) is 0 Å². The van der Waals surface area contributed by atoms with Crippen LogP contribution < -0.4 is 45.7 Å². The molecule has 4 heterocycles. The van der Waals surface area contributed by atoms with E-state index in [9.17, 15) is 24.3 Å². The number of carboxylic acids is 1. The van der Waals surface area contributed by atoms with E-state index < -0.39 is 35.2 Å². The first-order valence-electron chi connectivity index (χ1n) is 9.72.